The van der Waals surface area contributed by atoms with Gasteiger partial charge in [-0.3, -0.25) is 0 Å². The Labute approximate surface area is 125 Å². The van der Waals surface area contributed by atoms with Crippen LogP contribution in [0.3, 0.4) is 0 Å². The molecular formula is C14H20N4O2S. The Morgan fingerprint density at radius 3 is 2.43 bits per heavy atom. The highest BCUT2D eigenvalue weighted by Crippen LogP contribution is 2.22. The van der Waals surface area contributed by atoms with E-state index in [1.807, 2.05) is 17.8 Å². The van der Waals surface area contributed by atoms with Crippen LogP contribution in [0.1, 0.15) is 17.0 Å². The van der Waals surface area contributed by atoms with Crippen molar-refractivity contribution < 1.29 is 8.42 Å². The second-order valence-electron chi connectivity index (χ2n) is 5.09. The Hall–Kier alpha value is -1.86. The van der Waals surface area contributed by atoms with Gasteiger partial charge in [0.05, 0.1) is 4.90 Å². The van der Waals surface area contributed by atoms with Crippen molar-refractivity contribution in [3.05, 3.63) is 41.5 Å². The first-order valence-corrected chi connectivity index (χ1v) is 8.12. The number of aromatic nitrogens is 2. The molecule has 0 aliphatic carbocycles. The second-order valence-corrected chi connectivity index (χ2v) is 6.79. The molecule has 0 saturated heterocycles. The summed E-state index contributed by atoms with van der Waals surface area (Å²) in [5, 5.41) is 0. The van der Waals surface area contributed by atoms with E-state index < -0.39 is 10.0 Å². The van der Waals surface area contributed by atoms with Crippen LogP contribution >= 0.6 is 0 Å². The van der Waals surface area contributed by atoms with Crippen LogP contribution in [0, 0.1) is 13.8 Å². The van der Waals surface area contributed by atoms with E-state index in [0.29, 0.717) is 34.7 Å². The lowest BCUT2D eigenvalue weighted by Crippen LogP contribution is -2.28. The molecule has 0 radical (unpaired) electrons. The largest absolute Gasteiger partial charge is 0.399 e. The molecule has 3 N–H and O–H groups in total. The van der Waals surface area contributed by atoms with Crippen LogP contribution in [0.2, 0.25) is 0 Å². The van der Waals surface area contributed by atoms with Gasteiger partial charge in [0.15, 0.2) is 0 Å². The zero-order valence-corrected chi connectivity index (χ0v) is 13.2. The first-order chi connectivity index (χ1) is 9.81. The Kier molecular flexibility index (Phi) is 4.34. The summed E-state index contributed by atoms with van der Waals surface area (Å²) in [4.78, 5) is 4.47. The van der Waals surface area contributed by atoms with Crippen molar-refractivity contribution >= 4 is 15.7 Å². The summed E-state index contributed by atoms with van der Waals surface area (Å²) >= 11 is 0. The molecule has 21 heavy (non-hydrogen) atoms. The lowest BCUT2D eigenvalue weighted by molar-refractivity contribution is 0.579. The normalized spacial score (nSPS) is 11.8. The smallest absolute Gasteiger partial charge is 0.241 e. The van der Waals surface area contributed by atoms with Crippen LogP contribution in [0.4, 0.5) is 5.69 Å². The van der Waals surface area contributed by atoms with E-state index in [1.54, 1.807) is 32.2 Å². The first kappa shape index (κ1) is 15.5. The summed E-state index contributed by atoms with van der Waals surface area (Å²) in [6.07, 6.45) is 4.06. The quantitative estimate of drug-likeness (QED) is 0.811. The van der Waals surface area contributed by atoms with Gasteiger partial charge in [0.2, 0.25) is 10.0 Å². The van der Waals surface area contributed by atoms with Crippen molar-refractivity contribution in [3.8, 4) is 0 Å². The summed E-state index contributed by atoms with van der Waals surface area (Å²) < 4.78 is 29.3. The Bertz CT molecular complexity index is 727. The van der Waals surface area contributed by atoms with Gasteiger partial charge < -0.3 is 10.3 Å². The molecule has 0 spiro atoms. The molecule has 0 amide bonds. The van der Waals surface area contributed by atoms with E-state index in [4.69, 9.17) is 5.73 Å². The van der Waals surface area contributed by atoms with Crippen molar-refractivity contribution in [1.82, 2.24) is 14.3 Å². The molecule has 0 fully saturated rings. The molecule has 1 aromatic heterocycles. The maximum absolute atomic E-state index is 12.4. The van der Waals surface area contributed by atoms with Gasteiger partial charge in [-0.2, -0.15) is 0 Å². The van der Waals surface area contributed by atoms with Crippen molar-refractivity contribution in [1.29, 1.82) is 0 Å². The fraction of sp³-hybridized carbons (Fsp3) is 0.357. The minimum absolute atomic E-state index is 0.302. The van der Waals surface area contributed by atoms with Crippen molar-refractivity contribution in [2.75, 3.05) is 12.3 Å². The minimum Gasteiger partial charge on any atom is -0.399 e. The molecule has 1 aromatic carbocycles. The second kappa shape index (κ2) is 5.87. The number of aryl methyl sites for hydroxylation is 3. The zero-order chi connectivity index (χ0) is 15.6. The monoisotopic (exact) mass is 308 g/mol. The lowest BCUT2D eigenvalue weighted by atomic mass is 10.1. The molecule has 2 rings (SSSR count). The van der Waals surface area contributed by atoms with Gasteiger partial charge in [0.25, 0.3) is 0 Å². The van der Waals surface area contributed by atoms with Gasteiger partial charge in [0, 0.05) is 38.1 Å². The Morgan fingerprint density at radius 2 is 1.90 bits per heavy atom. The number of imidazole rings is 1. The SMILES string of the molecule is Cc1cc(N)cc(C)c1S(=O)(=O)NCCc1nccn1C. The van der Waals surface area contributed by atoms with E-state index in [2.05, 4.69) is 9.71 Å². The molecule has 0 unspecified atom stereocenters. The average molecular weight is 308 g/mol. The highest BCUT2D eigenvalue weighted by Gasteiger charge is 2.19. The lowest BCUT2D eigenvalue weighted by Gasteiger charge is -2.13. The Balaban J connectivity index is 2.14. The number of rotatable bonds is 5. The van der Waals surface area contributed by atoms with E-state index in [-0.39, 0.29) is 0 Å². The predicted molar refractivity (Wildman–Crippen MR) is 82.4 cm³/mol. The standard InChI is InChI=1S/C14H20N4O2S/c1-10-8-12(15)9-11(2)14(10)21(19,20)17-5-4-13-16-6-7-18(13)3/h6-9,17H,4-5,15H2,1-3H3. The topological polar surface area (TPSA) is 90.0 Å². The number of nitrogen functional groups attached to an aromatic ring is 1. The highest BCUT2D eigenvalue weighted by atomic mass is 32.2. The number of anilines is 1. The summed E-state index contributed by atoms with van der Waals surface area (Å²) in [5.74, 6) is 0.837. The van der Waals surface area contributed by atoms with E-state index in [0.717, 1.165) is 5.82 Å². The first-order valence-electron chi connectivity index (χ1n) is 6.64. The van der Waals surface area contributed by atoms with Crippen molar-refractivity contribution in [3.63, 3.8) is 0 Å². The molecule has 6 nitrogen and oxygen atoms in total. The van der Waals surface area contributed by atoms with Crippen LogP contribution < -0.4 is 10.5 Å². The number of sulfonamides is 1. The van der Waals surface area contributed by atoms with E-state index >= 15 is 0 Å². The third-order valence-electron chi connectivity index (χ3n) is 3.31. The summed E-state index contributed by atoms with van der Waals surface area (Å²) in [7, 11) is -1.67. The molecule has 2 aromatic rings. The number of nitrogens with two attached hydrogens (primary N) is 1. The van der Waals surface area contributed by atoms with Crippen LogP contribution in [-0.2, 0) is 23.5 Å². The third-order valence-corrected chi connectivity index (χ3v) is 5.08. The number of benzene rings is 1. The van der Waals surface area contributed by atoms with Gasteiger partial charge in [-0.1, -0.05) is 0 Å². The van der Waals surface area contributed by atoms with Gasteiger partial charge in [-0.25, -0.2) is 18.1 Å². The molecule has 1 heterocycles. The van der Waals surface area contributed by atoms with E-state index in [9.17, 15) is 8.42 Å². The minimum atomic E-state index is -3.55. The third kappa shape index (κ3) is 3.43. The van der Waals surface area contributed by atoms with Gasteiger partial charge >= 0.3 is 0 Å². The number of hydrogen-bond donors (Lipinski definition) is 2. The maximum Gasteiger partial charge on any atom is 0.241 e. The summed E-state index contributed by atoms with van der Waals surface area (Å²) in [6.45, 7) is 3.80. The molecule has 114 valence electrons. The molecule has 7 heteroatoms. The molecule has 0 saturated carbocycles. The van der Waals surface area contributed by atoms with Crippen LogP contribution in [-0.4, -0.2) is 24.5 Å². The summed E-state index contributed by atoms with van der Waals surface area (Å²) in [6, 6.07) is 3.33. The fourth-order valence-electron chi connectivity index (χ4n) is 2.41. The van der Waals surface area contributed by atoms with Crippen LogP contribution in [0.25, 0.3) is 0 Å². The number of nitrogens with zero attached hydrogens (tertiary/aromatic N) is 2. The molecule has 0 aliphatic rings. The molecular weight excluding hydrogens is 288 g/mol. The Morgan fingerprint density at radius 1 is 1.29 bits per heavy atom. The number of nitrogens with one attached hydrogen (secondary N) is 1. The van der Waals surface area contributed by atoms with Gasteiger partial charge in [-0.15, -0.1) is 0 Å². The summed E-state index contributed by atoms with van der Waals surface area (Å²) in [5.41, 5.74) is 7.59. The van der Waals surface area contributed by atoms with Crippen LogP contribution in [0.5, 0.6) is 0 Å². The predicted octanol–water partition coefficient (Wildman–Crippen LogP) is 1.14. The van der Waals surface area contributed by atoms with Crippen molar-refractivity contribution in [2.24, 2.45) is 7.05 Å². The average Bonchev–Trinajstić information content (AvgIpc) is 2.73. The zero-order valence-electron chi connectivity index (χ0n) is 12.4. The van der Waals surface area contributed by atoms with Crippen molar-refractivity contribution in [2.45, 2.75) is 25.2 Å². The molecule has 0 bridgehead atoms. The maximum atomic E-state index is 12.4. The molecule has 0 aliphatic heterocycles. The fourth-order valence-corrected chi connectivity index (χ4v) is 3.90. The van der Waals surface area contributed by atoms with Gasteiger partial charge in [0.1, 0.15) is 5.82 Å². The van der Waals surface area contributed by atoms with Crippen LogP contribution in [0.15, 0.2) is 29.4 Å². The van der Waals surface area contributed by atoms with Gasteiger partial charge in [-0.05, 0) is 37.1 Å². The van der Waals surface area contributed by atoms with E-state index in [1.165, 1.54) is 0 Å². The number of hydrogen-bond acceptors (Lipinski definition) is 4. The molecule has 0 atom stereocenters. The highest BCUT2D eigenvalue weighted by molar-refractivity contribution is 7.89.